The van der Waals surface area contributed by atoms with Gasteiger partial charge in [0.05, 0.1) is 13.2 Å². The minimum atomic E-state index is -0.210. The molecule has 23 heavy (non-hydrogen) atoms. The zero-order valence-electron chi connectivity index (χ0n) is 13.4. The van der Waals surface area contributed by atoms with E-state index in [0.717, 1.165) is 17.0 Å². The van der Waals surface area contributed by atoms with Gasteiger partial charge in [-0.1, -0.05) is 12.1 Å². The van der Waals surface area contributed by atoms with Gasteiger partial charge in [-0.25, -0.2) is 9.97 Å². The van der Waals surface area contributed by atoms with Crippen LogP contribution in [-0.2, 0) is 6.42 Å². The highest BCUT2D eigenvalue weighted by atomic mass is 16.5. The lowest BCUT2D eigenvalue weighted by Gasteiger charge is -2.27. The largest absolute Gasteiger partial charge is 0.493 e. The first-order valence-electron chi connectivity index (χ1n) is 7.48. The molecule has 2 heterocycles. The minimum Gasteiger partial charge on any atom is -0.493 e. The average Bonchev–Trinajstić information content (AvgIpc) is 2.53. The lowest BCUT2D eigenvalue weighted by molar-refractivity contribution is 0.0909. The maximum atomic E-state index is 12.4. The Morgan fingerprint density at radius 1 is 1.35 bits per heavy atom. The molecule has 0 fully saturated rings. The number of rotatable bonds is 3. The molecule has 1 atom stereocenters. The maximum absolute atomic E-state index is 12.4. The van der Waals surface area contributed by atoms with Gasteiger partial charge in [-0.05, 0) is 32.4 Å². The molecule has 1 aromatic heterocycles. The molecule has 0 radical (unpaired) electrons. The van der Waals surface area contributed by atoms with E-state index in [1.165, 1.54) is 0 Å². The second-order valence-corrected chi connectivity index (χ2v) is 5.58. The number of benzene rings is 1. The average molecular weight is 313 g/mol. The molecule has 3 rings (SSSR count). The van der Waals surface area contributed by atoms with E-state index in [2.05, 4.69) is 15.3 Å². The van der Waals surface area contributed by atoms with E-state index in [9.17, 15) is 4.79 Å². The first-order chi connectivity index (χ1) is 11.1. The van der Waals surface area contributed by atoms with E-state index < -0.39 is 0 Å². The summed E-state index contributed by atoms with van der Waals surface area (Å²) in [6, 6.07) is 7.35. The molecule has 2 aromatic rings. The normalized spacial score (nSPS) is 16.2. The van der Waals surface area contributed by atoms with Gasteiger partial charge in [0.15, 0.2) is 11.5 Å². The lowest BCUT2D eigenvalue weighted by atomic mass is 10.0. The highest BCUT2D eigenvalue weighted by Crippen LogP contribution is 2.34. The SMILES string of the molecule is COc1cccc2c1OCC(NC(=O)c1cc(C)nc(C)n1)C2. The molecule has 120 valence electrons. The number of ether oxygens (including phenoxy) is 2. The Bertz CT molecular complexity index is 726. The van der Waals surface area contributed by atoms with Crippen molar-refractivity contribution in [2.24, 2.45) is 0 Å². The third-order valence-corrected chi connectivity index (χ3v) is 3.71. The highest BCUT2D eigenvalue weighted by Gasteiger charge is 2.24. The third-order valence-electron chi connectivity index (χ3n) is 3.71. The van der Waals surface area contributed by atoms with Crippen molar-refractivity contribution in [3.8, 4) is 11.5 Å². The zero-order chi connectivity index (χ0) is 16.4. The van der Waals surface area contributed by atoms with Gasteiger partial charge < -0.3 is 14.8 Å². The second kappa shape index (κ2) is 6.24. The van der Waals surface area contributed by atoms with Crippen molar-refractivity contribution in [2.75, 3.05) is 13.7 Å². The number of nitrogens with one attached hydrogen (secondary N) is 1. The van der Waals surface area contributed by atoms with Crippen molar-refractivity contribution >= 4 is 5.91 Å². The molecule has 1 aromatic carbocycles. The van der Waals surface area contributed by atoms with Crippen LogP contribution in [0.2, 0.25) is 0 Å². The van der Waals surface area contributed by atoms with E-state index >= 15 is 0 Å². The summed E-state index contributed by atoms with van der Waals surface area (Å²) in [5.74, 6) is 1.85. The number of carbonyl (C=O) groups is 1. The summed E-state index contributed by atoms with van der Waals surface area (Å²) in [7, 11) is 1.62. The van der Waals surface area contributed by atoms with E-state index in [1.807, 2.05) is 25.1 Å². The lowest BCUT2D eigenvalue weighted by Crippen LogP contribution is -2.43. The molecule has 6 heteroatoms. The van der Waals surface area contributed by atoms with Gasteiger partial charge in [0.2, 0.25) is 0 Å². The topological polar surface area (TPSA) is 73.3 Å². The molecule has 6 nitrogen and oxygen atoms in total. The molecule has 0 saturated heterocycles. The summed E-state index contributed by atoms with van der Waals surface area (Å²) in [4.78, 5) is 20.7. The third kappa shape index (κ3) is 3.26. The van der Waals surface area contributed by atoms with Gasteiger partial charge in [0.25, 0.3) is 5.91 Å². The first-order valence-corrected chi connectivity index (χ1v) is 7.48. The van der Waals surface area contributed by atoms with Gasteiger partial charge in [-0.3, -0.25) is 4.79 Å². The van der Waals surface area contributed by atoms with E-state index in [-0.39, 0.29) is 11.9 Å². The van der Waals surface area contributed by atoms with Crippen LogP contribution >= 0.6 is 0 Å². The van der Waals surface area contributed by atoms with E-state index in [4.69, 9.17) is 9.47 Å². The molecular weight excluding hydrogens is 294 g/mol. The summed E-state index contributed by atoms with van der Waals surface area (Å²) in [5.41, 5.74) is 2.18. The molecule has 0 aliphatic carbocycles. The number of methoxy groups -OCH3 is 1. The summed E-state index contributed by atoms with van der Waals surface area (Å²) in [6.45, 7) is 4.02. The number of amides is 1. The molecule has 1 amide bonds. The monoisotopic (exact) mass is 313 g/mol. The number of para-hydroxylation sites is 1. The Hall–Kier alpha value is -2.63. The molecule has 0 bridgehead atoms. The standard InChI is InChI=1S/C17H19N3O3/c1-10-7-14(19-11(2)18-10)17(21)20-13-8-12-5-4-6-15(22-3)16(12)23-9-13/h4-7,13H,8-9H2,1-3H3,(H,20,21). The first kappa shape index (κ1) is 15.3. The van der Waals surface area contributed by atoms with Gasteiger partial charge in [-0.2, -0.15) is 0 Å². The van der Waals surface area contributed by atoms with Crippen LogP contribution in [0.1, 0.15) is 27.6 Å². The van der Waals surface area contributed by atoms with E-state index in [1.54, 1.807) is 20.1 Å². The minimum absolute atomic E-state index is 0.0994. The summed E-state index contributed by atoms with van der Waals surface area (Å²) < 4.78 is 11.1. The molecule has 0 spiro atoms. The Kier molecular flexibility index (Phi) is 4.14. The summed E-state index contributed by atoms with van der Waals surface area (Å²) in [5, 5.41) is 2.97. The van der Waals surface area contributed by atoms with Crippen molar-refractivity contribution in [1.29, 1.82) is 0 Å². The number of carbonyl (C=O) groups excluding carboxylic acids is 1. The van der Waals surface area contributed by atoms with Gasteiger partial charge in [0.1, 0.15) is 18.1 Å². The van der Waals surface area contributed by atoms with Crippen LogP contribution in [0.4, 0.5) is 0 Å². The number of nitrogens with zero attached hydrogens (tertiary/aromatic N) is 2. The fraction of sp³-hybridized carbons (Fsp3) is 0.353. The van der Waals surface area contributed by atoms with Crippen LogP contribution in [0, 0.1) is 13.8 Å². The number of hydrogen-bond acceptors (Lipinski definition) is 5. The molecule has 1 unspecified atom stereocenters. The van der Waals surface area contributed by atoms with Crippen LogP contribution in [-0.4, -0.2) is 35.6 Å². The van der Waals surface area contributed by atoms with Crippen molar-refractivity contribution in [3.05, 3.63) is 47.0 Å². The van der Waals surface area contributed by atoms with Gasteiger partial charge in [-0.15, -0.1) is 0 Å². The summed E-state index contributed by atoms with van der Waals surface area (Å²) >= 11 is 0. The summed E-state index contributed by atoms with van der Waals surface area (Å²) in [6.07, 6.45) is 0.696. The van der Waals surface area contributed by atoms with Crippen molar-refractivity contribution in [3.63, 3.8) is 0 Å². The van der Waals surface area contributed by atoms with Crippen molar-refractivity contribution in [2.45, 2.75) is 26.3 Å². The van der Waals surface area contributed by atoms with E-state index in [0.29, 0.717) is 30.3 Å². The second-order valence-electron chi connectivity index (χ2n) is 5.58. The molecule has 1 aliphatic heterocycles. The van der Waals surface area contributed by atoms with Crippen LogP contribution < -0.4 is 14.8 Å². The predicted molar refractivity (Wildman–Crippen MR) is 85.0 cm³/mol. The highest BCUT2D eigenvalue weighted by molar-refractivity contribution is 5.92. The maximum Gasteiger partial charge on any atom is 0.270 e. The molecule has 0 saturated carbocycles. The number of hydrogen-bond donors (Lipinski definition) is 1. The quantitative estimate of drug-likeness (QED) is 0.936. The smallest absolute Gasteiger partial charge is 0.270 e. The molecule has 1 N–H and O–H groups in total. The number of aryl methyl sites for hydroxylation is 2. The Labute approximate surface area is 134 Å². The van der Waals surface area contributed by atoms with Crippen LogP contribution in [0.15, 0.2) is 24.3 Å². The Morgan fingerprint density at radius 3 is 2.91 bits per heavy atom. The van der Waals surface area contributed by atoms with Crippen molar-refractivity contribution in [1.82, 2.24) is 15.3 Å². The number of fused-ring (bicyclic) bond motifs is 1. The fourth-order valence-electron chi connectivity index (χ4n) is 2.74. The van der Waals surface area contributed by atoms with Crippen molar-refractivity contribution < 1.29 is 14.3 Å². The van der Waals surface area contributed by atoms with Crippen LogP contribution in [0.25, 0.3) is 0 Å². The Morgan fingerprint density at radius 2 is 2.17 bits per heavy atom. The van der Waals surface area contributed by atoms with Crippen LogP contribution in [0.5, 0.6) is 11.5 Å². The predicted octanol–water partition coefficient (Wildman–Crippen LogP) is 1.84. The van der Waals surface area contributed by atoms with Crippen LogP contribution in [0.3, 0.4) is 0 Å². The fourth-order valence-corrected chi connectivity index (χ4v) is 2.74. The van der Waals surface area contributed by atoms with Gasteiger partial charge >= 0.3 is 0 Å². The molecular formula is C17H19N3O3. The van der Waals surface area contributed by atoms with Gasteiger partial charge in [0, 0.05) is 11.3 Å². The zero-order valence-corrected chi connectivity index (χ0v) is 13.4. The molecule has 1 aliphatic rings. The number of aromatic nitrogens is 2. The Balaban J connectivity index is 1.73.